The standard InChI is InChI=1S/C20H19N3O2/c21-12-15-4-5-16(20-17(15)8-11-24-20)13-25-19-3-1-2-18(23-19)14-6-9-22-10-7-14/h1-5,8,11,14,22H,6-7,9-10,13H2. The number of nitriles is 1. The van der Waals surface area contributed by atoms with E-state index in [4.69, 9.17) is 14.4 Å². The molecule has 1 N–H and O–H groups in total. The molecule has 3 aromatic rings. The lowest BCUT2D eigenvalue weighted by molar-refractivity contribution is 0.291. The Hall–Kier alpha value is -2.84. The number of furan rings is 1. The van der Waals surface area contributed by atoms with E-state index in [1.54, 1.807) is 12.3 Å². The SMILES string of the molecule is N#Cc1ccc(COc2cccc(C3CCNCC3)n2)c2occc12. The van der Waals surface area contributed by atoms with E-state index >= 15 is 0 Å². The molecule has 1 aliphatic heterocycles. The number of fused-ring (bicyclic) bond motifs is 1. The third kappa shape index (κ3) is 3.21. The number of hydrogen-bond acceptors (Lipinski definition) is 5. The fourth-order valence-corrected chi connectivity index (χ4v) is 3.34. The van der Waals surface area contributed by atoms with Gasteiger partial charge in [0.15, 0.2) is 0 Å². The number of nitrogens with one attached hydrogen (secondary N) is 1. The second-order valence-corrected chi connectivity index (χ2v) is 6.26. The summed E-state index contributed by atoms with van der Waals surface area (Å²) in [5, 5.41) is 13.4. The zero-order valence-corrected chi connectivity index (χ0v) is 13.9. The highest BCUT2D eigenvalue weighted by Crippen LogP contribution is 2.27. The zero-order valence-electron chi connectivity index (χ0n) is 13.9. The molecule has 1 fully saturated rings. The highest BCUT2D eigenvalue weighted by molar-refractivity contribution is 5.86. The normalized spacial score (nSPS) is 15.2. The monoisotopic (exact) mass is 333 g/mol. The molecule has 25 heavy (non-hydrogen) atoms. The number of pyridine rings is 1. The smallest absolute Gasteiger partial charge is 0.213 e. The Bertz CT molecular complexity index is 920. The van der Waals surface area contributed by atoms with Gasteiger partial charge >= 0.3 is 0 Å². The van der Waals surface area contributed by atoms with Gasteiger partial charge in [0.05, 0.1) is 17.9 Å². The molecule has 5 nitrogen and oxygen atoms in total. The number of rotatable bonds is 4. The van der Waals surface area contributed by atoms with Crippen LogP contribution in [-0.4, -0.2) is 18.1 Å². The molecule has 0 spiro atoms. The van der Waals surface area contributed by atoms with Crippen molar-refractivity contribution in [2.45, 2.75) is 25.4 Å². The summed E-state index contributed by atoms with van der Waals surface area (Å²) in [6.45, 7) is 2.44. The van der Waals surface area contributed by atoms with E-state index in [-0.39, 0.29) is 0 Å². The number of aromatic nitrogens is 1. The van der Waals surface area contributed by atoms with E-state index in [0.717, 1.165) is 42.6 Å². The Morgan fingerprint density at radius 1 is 1.20 bits per heavy atom. The molecule has 0 atom stereocenters. The predicted octanol–water partition coefficient (Wildman–Crippen LogP) is 3.75. The van der Waals surface area contributed by atoms with Gasteiger partial charge in [-0.05, 0) is 44.1 Å². The van der Waals surface area contributed by atoms with Crippen LogP contribution in [0.25, 0.3) is 11.0 Å². The summed E-state index contributed by atoms with van der Waals surface area (Å²) < 4.78 is 11.4. The summed E-state index contributed by atoms with van der Waals surface area (Å²) in [4.78, 5) is 4.68. The Balaban J connectivity index is 1.52. The predicted molar refractivity (Wildman–Crippen MR) is 94.3 cm³/mol. The van der Waals surface area contributed by atoms with E-state index in [9.17, 15) is 0 Å². The lowest BCUT2D eigenvalue weighted by Gasteiger charge is -2.22. The van der Waals surface area contributed by atoms with Gasteiger partial charge in [-0.15, -0.1) is 0 Å². The van der Waals surface area contributed by atoms with E-state index in [2.05, 4.69) is 22.4 Å². The molecule has 126 valence electrons. The second kappa shape index (κ2) is 6.96. The fraction of sp³-hybridized carbons (Fsp3) is 0.300. The van der Waals surface area contributed by atoms with Crippen LogP contribution in [0.4, 0.5) is 0 Å². The molecule has 3 heterocycles. The Morgan fingerprint density at radius 2 is 2.08 bits per heavy atom. The van der Waals surface area contributed by atoms with E-state index in [1.165, 1.54) is 0 Å². The first kappa shape index (κ1) is 15.7. The van der Waals surface area contributed by atoms with Crippen LogP contribution in [0, 0.1) is 11.3 Å². The molecular formula is C20H19N3O2. The van der Waals surface area contributed by atoms with Gasteiger partial charge in [0.1, 0.15) is 12.2 Å². The maximum absolute atomic E-state index is 9.17. The molecule has 1 aliphatic rings. The van der Waals surface area contributed by atoms with E-state index < -0.39 is 0 Å². The van der Waals surface area contributed by atoms with Crippen LogP contribution < -0.4 is 10.1 Å². The summed E-state index contributed by atoms with van der Waals surface area (Å²) in [5.41, 5.74) is 3.32. The van der Waals surface area contributed by atoms with Crippen molar-refractivity contribution in [2.24, 2.45) is 0 Å². The summed E-state index contributed by atoms with van der Waals surface area (Å²) >= 11 is 0. The zero-order chi connectivity index (χ0) is 17.1. The Morgan fingerprint density at radius 3 is 2.92 bits per heavy atom. The maximum Gasteiger partial charge on any atom is 0.213 e. The van der Waals surface area contributed by atoms with Gasteiger partial charge in [0, 0.05) is 28.6 Å². The number of ether oxygens (including phenoxy) is 1. The first-order valence-corrected chi connectivity index (χ1v) is 8.55. The minimum atomic E-state index is 0.360. The van der Waals surface area contributed by atoms with Crippen molar-refractivity contribution in [1.82, 2.24) is 10.3 Å². The summed E-state index contributed by atoms with van der Waals surface area (Å²) in [6, 6.07) is 13.6. The maximum atomic E-state index is 9.17. The molecule has 0 bridgehead atoms. The lowest BCUT2D eigenvalue weighted by atomic mass is 9.94. The Labute approximate surface area is 146 Å². The number of benzene rings is 1. The van der Waals surface area contributed by atoms with Crippen molar-refractivity contribution in [3.05, 3.63) is 59.5 Å². The molecule has 0 unspecified atom stereocenters. The highest BCUT2D eigenvalue weighted by Gasteiger charge is 2.17. The van der Waals surface area contributed by atoms with Gasteiger partial charge < -0.3 is 14.5 Å². The molecule has 5 heteroatoms. The van der Waals surface area contributed by atoms with Gasteiger partial charge in [0.25, 0.3) is 0 Å². The molecule has 0 amide bonds. The van der Waals surface area contributed by atoms with Gasteiger partial charge in [-0.2, -0.15) is 5.26 Å². The van der Waals surface area contributed by atoms with Gasteiger partial charge in [-0.3, -0.25) is 0 Å². The van der Waals surface area contributed by atoms with Crippen molar-refractivity contribution < 1.29 is 9.15 Å². The van der Waals surface area contributed by atoms with Crippen molar-refractivity contribution >= 4 is 11.0 Å². The van der Waals surface area contributed by atoms with Crippen LogP contribution in [0.5, 0.6) is 5.88 Å². The number of nitrogens with zero attached hydrogens (tertiary/aromatic N) is 2. The lowest BCUT2D eigenvalue weighted by Crippen LogP contribution is -2.27. The van der Waals surface area contributed by atoms with E-state index in [0.29, 0.717) is 29.6 Å². The highest BCUT2D eigenvalue weighted by atomic mass is 16.5. The van der Waals surface area contributed by atoms with Crippen LogP contribution in [0.15, 0.2) is 47.1 Å². The summed E-state index contributed by atoms with van der Waals surface area (Å²) in [5.74, 6) is 1.12. The molecule has 0 radical (unpaired) electrons. The largest absolute Gasteiger partial charge is 0.473 e. The second-order valence-electron chi connectivity index (χ2n) is 6.26. The van der Waals surface area contributed by atoms with Crippen molar-refractivity contribution in [3.63, 3.8) is 0 Å². The van der Waals surface area contributed by atoms with Gasteiger partial charge in [-0.25, -0.2) is 4.98 Å². The molecule has 1 aromatic carbocycles. The molecule has 2 aromatic heterocycles. The molecule has 0 aliphatic carbocycles. The Kier molecular flexibility index (Phi) is 4.36. The number of piperidine rings is 1. The van der Waals surface area contributed by atoms with Crippen molar-refractivity contribution in [3.8, 4) is 11.9 Å². The quantitative estimate of drug-likeness (QED) is 0.787. The minimum absolute atomic E-state index is 0.360. The van der Waals surface area contributed by atoms with Crippen LogP contribution in [0.3, 0.4) is 0 Å². The first-order valence-electron chi connectivity index (χ1n) is 8.55. The fourth-order valence-electron chi connectivity index (χ4n) is 3.34. The topological polar surface area (TPSA) is 71.1 Å². The van der Waals surface area contributed by atoms with Crippen molar-refractivity contribution in [2.75, 3.05) is 13.1 Å². The number of hydrogen-bond donors (Lipinski definition) is 1. The molecule has 0 saturated carbocycles. The third-order valence-electron chi connectivity index (χ3n) is 4.70. The molecule has 1 saturated heterocycles. The first-order chi connectivity index (χ1) is 12.3. The average molecular weight is 333 g/mol. The van der Waals surface area contributed by atoms with Crippen LogP contribution >= 0.6 is 0 Å². The third-order valence-corrected chi connectivity index (χ3v) is 4.70. The minimum Gasteiger partial charge on any atom is -0.473 e. The summed E-state index contributed by atoms with van der Waals surface area (Å²) in [6.07, 6.45) is 3.82. The van der Waals surface area contributed by atoms with E-state index in [1.807, 2.05) is 24.3 Å². The van der Waals surface area contributed by atoms with Gasteiger partial charge in [0.2, 0.25) is 5.88 Å². The van der Waals surface area contributed by atoms with Crippen LogP contribution in [-0.2, 0) is 6.61 Å². The van der Waals surface area contributed by atoms with Crippen LogP contribution in [0.2, 0.25) is 0 Å². The summed E-state index contributed by atoms with van der Waals surface area (Å²) in [7, 11) is 0. The van der Waals surface area contributed by atoms with Crippen LogP contribution in [0.1, 0.15) is 35.6 Å². The average Bonchev–Trinajstić information content (AvgIpc) is 3.17. The molecular weight excluding hydrogens is 314 g/mol. The van der Waals surface area contributed by atoms with Gasteiger partial charge in [-0.1, -0.05) is 12.1 Å². The molecule has 4 rings (SSSR count). The van der Waals surface area contributed by atoms with Crippen molar-refractivity contribution in [1.29, 1.82) is 5.26 Å².